The van der Waals surface area contributed by atoms with E-state index in [0.29, 0.717) is 0 Å². The molecule has 0 aliphatic rings. The number of anilines is 1. The summed E-state index contributed by atoms with van der Waals surface area (Å²) >= 11 is 0. The first-order chi connectivity index (χ1) is 6.50. The van der Waals surface area contributed by atoms with Crippen LogP contribution >= 0.6 is 0 Å². The molecule has 1 aromatic heterocycles. The largest absolute Gasteiger partial charge is 0.383 e. The van der Waals surface area contributed by atoms with E-state index in [-0.39, 0.29) is 11.5 Å². The molecule has 7 N–H and O–H groups in total. The maximum absolute atomic E-state index is 11.2. The number of hydrogen-bond acceptors (Lipinski definition) is 4. The maximum atomic E-state index is 11.2. The molecule has 0 radical (unpaired) electrons. The molecule has 0 aliphatic heterocycles. The zero-order valence-electron chi connectivity index (χ0n) is 7.02. The maximum Gasteiger partial charge on any atom is 0.302 e. The number of aromatic nitrogens is 2. The molecule has 0 aromatic carbocycles. The summed E-state index contributed by atoms with van der Waals surface area (Å²) in [6.07, 6.45) is 0.909. The Balaban J connectivity index is 3.15. The summed E-state index contributed by atoms with van der Waals surface area (Å²) in [5.74, 6) is -1.38. The SMILES string of the molecule is NC(N)=NC(=O)c1ncc(=O)[nH]c1N. The summed E-state index contributed by atoms with van der Waals surface area (Å²) in [7, 11) is 0. The van der Waals surface area contributed by atoms with Crippen LogP contribution < -0.4 is 22.8 Å². The van der Waals surface area contributed by atoms with Crippen LogP contribution in [0.25, 0.3) is 0 Å². The van der Waals surface area contributed by atoms with Crippen LogP contribution in [0.5, 0.6) is 0 Å². The van der Waals surface area contributed by atoms with Crippen molar-refractivity contribution < 1.29 is 4.79 Å². The van der Waals surface area contributed by atoms with Gasteiger partial charge in [-0.1, -0.05) is 0 Å². The molecule has 8 heteroatoms. The van der Waals surface area contributed by atoms with E-state index < -0.39 is 17.4 Å². The first-order valence-corrected chi connectivity index (χ1v) is 3.49. The smallest absolute Gasteiger partial charge is 0.302 e. The molecule has 0 atom stereocenters. The van der Waals surface area contributed by atoms with E-state index >= 15 is 0 Å². The highest BCUT2D eigenvalue weighted by molar-refractivity contribution is 6.03. The summed E-state index contributed by atoms with van der Waals surface area (Å²) in [5.41, 5.74) is 14.6. The average molecular weight is 196 g/mol. The van der Waals surface area contributed by atoms with Crippen molar-refractivity contribution >= 4 is 17.7 Å². The van der Waals surface area contributed by atoms with Gasteiger partial charge in [-0.2, -0.15) is 4.99 Å². The van der Waals surface area contributed by atoms with Crippen molar-refractivity contribution in [3.05, 3.63) is 22.2 Å². The fourth-order valence-corrected chi connectivity index (χ4v) is 0.758. The Labute approximate surface area is 77.8 Å². The van der Waals surface area contributed by atoms with Crippen molar-refractivity contribution in [2.45, 2.75) is 0 Å². The van der Waals surface area contributed by atoms with Gasteiger partial charge in [0, 0.05) is 0 Å². The second kappa shape index (κ2) is 3.56. The number of nitrogen functional groups attached to an aromatic ring is 1. The predicted molar refractivity (Wildman–Crippen MR) is 49.4 cm³/mol. The van der Waals surface area contributed by atoms with Crippen LogP contribution in [0.3, 0.4) is 0 Å². The van der Waals surface area contributed by atoms with Gasteiger partial charge in [-0.25, -0.2) is 4.98 Å². The van der Waals surface area contributed by atoms with Crippen molar-refractivity contribution in [1.82, 2.24) is 9.97 Å². The van der Waals surface area contributed by atoms with Crippen LogP contribution in [0.4, 0.5) is 5.82 Å². The Kier molecular flexibility index (Phi) is 2.47. The van der Waals surface area contributed by atoms with Crippen LogP contribution in [0.2, 0.25) is 0 Å². The third-order valence-electron chi connectivity index (χ3n) is 1.26. The third-order valence-corrected chi connectivity index (χ3v) is 1.26. The number of amides is 1. The van der Waals surface area contributed by atoms with Crippen LogP contribution in [0, 0.1) is 0 Å². The van der Waals surface area contributed by atoms with Gasteiger partial charge in [0.05, 0.1) is 6.20 Å². The molecule has 0 saturated heterocycles. The Morgan fingerprint density at radius 1 is 1.50 bits per heavy atom. The molecule has 8 nitrogen and oxygen atoms in total. The molecule has 74 valence electrons. The number of hydrogen-bond donors (Lipinski definition) is 4. The number of guanidine groups is 1. The summed E-state index contributed by atoms with van der Waals surface area (Å²) in [5, 5.41) is 0. The molecular formula is C6H8N6O2. The van der Waals surface area contributed by atoms with Gasteiger partial charge in [-0.3, -0.25) is 9.59 Å². The van der Waals surface area contributed by atoms with Gasteiger partial charge in [-0.15, -0.1) is 0 Å². The molecule has 14 heavy (non-hydrogen) atoms. The lowest BCUT2D eigenvalue weighted by Crippen LogP contribution is -2.25. The number of aliphatic imine (C=N–C) groups is 1. The molecule has 1 aromatic rings. The Hall–Kier alpha value is -2.38. The van der Waals surface area contributed by atoms with Gasteiger partial charge in [0.2, 0.25) is 0 Å². The number of nitrogens with zero attached hydrogens (tertiary/aromatic N) is 2. The average Bonchev–Trinajstić information content (AvgIpc) is 2.01. The topological polar surface area (TPSA) is 153 Å². The zero-order chi connectivity index (χ0) is 10.7. The highest BCUT2D eigenvalue weighted by atomic mass is 16.1. The van der Waals surface area contributed by atoms with E-state index in [1.54, 1.807) is 0 Å². The highest BCUT2D eigenvalue weighted by Crippen LogP contribution is 2.02. The third kappa shape index (κ3) is 2.06. The second-order valence-electron chi connectivity index (χ2n) is 2.35. The van der Waals surface area contributed by atoms with Gasteiger partial charge in [0.1, 0.15) is 5.82 Å². The lowest BCUT2D eigenvalue weighted by molar-refractivity contribution is 0.0998. The van der Waals surface area contributed by atoms with Gasteiger partial charge in [-0.05, 0) is 0 Å². The lowest BCUT2D eigenvalue weighted by atomic mass is 10.4. The molecular weight excluding hydrogens is 188 g/mol. The van der Waals surface area contributed by atoms with Gasteiger partial charge < -0.3 is 22.2 Å². The standard InChI is InChI=1S/C6H8N6O2/c7-4-3(5(14)12-6(8)9)10-1-2(13)11-4/h1H,(H3,7,11,13)(H4,8,9,12,14). The monoisotopic (exact) mass is 196 g/mol. The molecule has 1 rings (SSSR count). The number of aromatic amines is 1. The first kappa shape index (κ1) is 9.71. The predicted octanol–water partition coefficient (Wildman–Crippen LogP) is -2.23. The highest BCUT2D eigenvalue weighted by Gasteiger charge is 2.11. The molecule has 0 bridgehead atoms. The van der Waals surface area contributed by atoms with Crippen LogP contribution in [-0.2, 0) is 0 Å². The molecule has 0 fully saturated rings. The number of H-pyrrole nitrogens is 1. The molecule has 1 amide bonds. The number of carbonyl (C=O) groups is 1. The molecule has 1 heterocycles. The fourth-order valence-electron chi connectivity index (χ4n) is 0.758. The minimum absolute atomic E-state index is 0.174. The Morgan fingerprint density at radius 3 is 2.64 bits per heavy atom. The quantitative estimate of drug-likeness (QED) is 0.294. The summed E-state index contributed by atoms with van der Waals surface area (Å²) in [4.78, 5) is 30.8. The summed E-state index contributed by atoms with van der Waals surface area (Å²) in [6.45, 7) is 0. The first-order valence-electron chi connectivity index (χ1n) is 3.49. The van der Waals surface area contributed by atoms with E-state index in [2.05, 4.69) is 15.0 Å². The van der Waals surface area contributed by atoms with Gasteiger partial charge >= 0.3 is 5.91 Å². The van der Waals surface area contributed by atoms with Crippen molar-refractivity contribution in [1.29, 1.82) is 0 Å². The van der Waals surface area contributed by atoms with E-state index in [1.807, 2.05) is 0 Å². The summed E-state index contributed by atoms with van der Waals surface area (Å²) < 4.78 is 0. The summed E-state index contributed by atoms with van der Waals surface area (Å²) in [6, 6.07) is 0. The van der Waals surface area contributed by atoms with E-state index in [9.17, 15) is 9.59 Å². The molecule has 0 saturated carbocycles. The number of nitrogens with two attached hydrogens (primary N) is 3. The van der Waals surface area contributed by atoms with Crippen LogP contribution in [0.1, 0.15) is 10.5 Å². The zero-order valence-corrected chi connectivity index (χ0v) is 7.02. The minimum atomic E-state index is -0.807. The van der Waals surface area contributed by atoms with E-state index in [1.165, 1.54) is 0 Å². The van der Waals surface area contributed by atoms with Crippen LogP contribution in [0.15, 0.2) is 16.0 Å². The molecule has 0 unspecified atom stereocenters. The Bertz CT molecular complexity index is 444. The molecule has 0 spiro atoms. The lowest BCUT2D eigenvalue weighted by Gasteiger charge is -1.98. The van der Waals surface area contributed by atoms with Gasteiger partial charge in [0.15, 0.2) is 11.7 Å². The Morgan fingerprint density at radius 2 is 2.14 bits per heavy atom. The number of nitrogens with one attached hydrogen (secondary N) is 1. The van der Waals surface area contributed by atoms with Gasteiger partial charge in [0.25, 0.3) is 5.56 Å². The number of carbonyl (C=O) groups excluding carboxylic acids is 1. The second-order valence-corrected chi connectivity index (χ2v) is 2.35. The van der Waals surface area contributed by atoms with Crippen molar-refractivity contribution in [2.24, 2.45) is 16.5 Å². The normalized spacial score (nSPS) is 9.43. The van der Waals surface area contributed by atoms with Crippen molar-refractivity contribution in [3.8, 4) is 0 Å². The number of rotatable bonds is 1. The van der Waals surface area contributed by atoms with Crippen molar-refractivity contribution in [3.63, 3.8) is 0 Å². The molecule has 0 aliphatic carbocycles. The fraction of sp³-hybridized carbons (Fsp3) is 0. The van der Waals surface area contributed by atoms with E-state index in [0.717, 1.165) is 6.20 Å². The minimum Gasteiger partial charge on any atom is -0.383 e. The van der Waals surface area contributed by atoms with Crippen LogP contribution in [-0.4, -0.2) is 21.8 Å². The van der Waals surface area contributed by atoms with Crippen molar-refractivity contribution in [2.75, 3.05) is 5.73 Å². The van der Waals surface area contributed by atoms with E-state index in [4.69, 9.17) is 17.2 Å².